The highest BCUT2D eigenvalue weighted by Crippen LogP contribution is 2.28. The number of hydrogen-bond donors (Lipinski definition) is 3. The van der Waals surface area contributed by atoms with Gasteiger partial charge in [-0.05, 0) is 25.0 Å². The van der Waals surface area contributed by atoms with Crippen LogP contribution in [0.1, 0.15) is 29.2 Å². The zero-order valence-corrected chi connectivity index (χ0v) is 9.56. The number of carbonyl (C=O) groups excluding carboxylic acids is 1. The Kier molecular flexibility index (Phi) is 3.78. The number of amides is 1. The van der Waals surface area contributed by atoms with Crippen LogP contribution < -0.4 is 11.3 Å². The van der Waals surface area contributed by atoms with Crippen molar-refractivity contribution in [1.29, 1.82) is 0 Å². The number of nitrogens with zero attached hydrogens (tertiary/aromatic N) is 1. The van der Waals surface area contributed by atoms with E-state index >= 15 is 0 Å². The van der Waals surface area contributed by atoms with Crippen LogP contribution in [0.15, 0.2) is 16.5 Å². The highest BCUT2D eigenvalue weighted by atomic mass is 16.4. The topological polar surface area (TPSA) is 91.7 Å². The van der Waals surface area contributed by atoms with Gasteiger partial charge in [-0.2, -0.15) is 0 Å². The van der Waals surface area contributed by atoms with Crippen molar-refractivity contribution in [3.05, 3.63) is 23.7 Å². The van der Waals surface area contributed by atoms with Gasteiger partial charge in [0.2, 0.25) is 0 Å². The first-order valence-corrected chi connectivity index (χ1v) is 5.69. The summed E-state index contributed by atoms with van der Waals surface area (Å²) in [4.78, 5) is 13.4. The minimum Gasteiger partial charge on any atom is -0.455 e. The Morgan fingerprint density at radius 1 is 1.59 bits per heavy atom. The maximum Gasteiger partial charge on any atom is 0.300 e. The molecule has 0 spiro atoms. The van der Waals surface area contributed by atoms with Crippen LogP contribution in [0, 0.1) is 0 Å². The number of nitrogens with two attached hydrogens (primary N) is 1. The lowest BCUT2D eigenvalue weighted by Crippen LogP contribution is -2.29. The van der Waals surface area contributed by atoms with Gasteiger partial charge < -0.3 is 9.52 Å². The molecule has 0 aliphatic heterocycles. The van der Waals surface area contributed by atoms with Crippen molar-refractivity contribution >= 4 is 5.91 Å². The van der Waals surface area contributed by atoms with Crippen LogP contribution in [0.5, 0.6) is 0 Å². The van der Waals surface area contributed by atoms with Gasteiger partial charge in [0.05, 0.1) is 13.2 Å². The van der Waals surface area contributed by atoms with Crippen LogP contribution in [0.25, 0.3) is 0 Å². The van der Waals surface area contributed by atoms with Crippen LogP contribution in [-0.2, 0) is 6.54 Å². The molecule has 6 nitrogen and oxygen atoms in total. The molecule has 2 rings (SSSR count). The molecule has 0 unspecified atom stereocenters. The molecule has 0 aromatic carbocycles. The number of nitrogen functional groups attached to an aromatic ring is 1. The van der Waals surface area contributed by atoms with E-state index in [9.17, 15) is 4.79 Å². The largest absolute Gasteiger partial charge is 0.455 e. The fourth-order valence-electron chi connectivity index (χ4n) is 1.82. The molecule has 0 saturated heterocycles. The Bertz CT molecular complexity index is 387. The van der Waals surface area contributed by atoms with Crippen molar-refractivity contribution < 1.29 is 14.3 Å². The molecule has 1 aromatic heterocycles. The third-order valence-electron chi connectivity index (χ3n) is 2.83. The second-order valence-corrected chi connectivity index (χ2v) is 4.16. The molecule has 0 atom stereocenters. The van der Waals surface area contributed by atoms with Crippen molar-refractivity contribution in [3.8, 4) is 0 Å². The summed E-state index contributed by atoms with van der Waals surface area (Å²) in [5.41, 5.74) is 2.02. The molecule has 1 saturated carbocycles. The molecule has 1 fully saturated rings. The summed E-state index contributed by atoms with van der Waals surface area (Å²) in [7, 11) is 0. The van der Waals surface area contributed by atoms with E-state index < -0.39 is 5.91 Å². The summed E-state index contributed by atoms with van der Waals surface area (Å²) < 4.78 is 5.38. The van der Waals surface area contributed by atoms with Crippen molar-refractivity contribution in [3.63, 3.8) is 0 Å². The third kappa shape index (κ3) is 3.06. The van der Waals surface area contributed by atoms with E-state index in [1.165, 1.54) is 0 Å². The van der Waals surface area contributed by atoms with E-state index in [1.807, 2.05) is 5.43 Å². The number of carbonyl (C=O) groups is 1. The molecule has 1 amide bonds. The van der Waals surface area contributed by atoms with Gasteiger partial charge in [-0.25, -0.2) is 5.84 Å². The molecule has 94 valence electrons. The smallest absolute Gasteiger partial charge is 0.300 e. The highest BCUT2D eigenvalue weighted by Gasteiger charge is 2.29. The van der Waals surface area contributed by atoms with Gasteiger partial charge in [0.25, 0.3) is 0 Å². The van der Waals surface area contributed by atoms with Crippen LogP contribution in [0.3, 0.4) is 0 Å². The monoisotopic (exact) mass is 239 g/mol. The first-order chi connectivity index (χ1) is 8.24. The van der Waals surface area contributed by atoms with Gasteiger partial charge >= 0.3 is 5.91 Å². The summed E-state index contributed by atoms with van der Waals surface area (Å²) in [6.07, 6.45) is 2.33. The van der Waals surface area contributed by atoms with E-state index in [2.05, 4.69) is 4.90 Å². The lowest BCUT2D eigenvalue weighted by Gasteiger charge is -2.18. The van der Waals surface area contributed by atoms with Gasteiger partial charge in [0.1, 0.15) is 5.76 Å². The predicted octanol–water partition coefficient (Wildman–Crippen LogP) is -0.160. The van der Waals surface area contributed by atoms with Crippen LogP contribution >= 0.6 is 0 Å². The molecular formula is C11H17N3O3. The van der Waals surface area contributed by atoms with Crippen LogP contribution in [0.2, 0.25) is 0 Å². The lowest BCUT2D eigenvalue weighted by atomic mass is 10.3. The molecule has 0 bridgehead atoms. The summed E-state index contributed by atoms with van der Waals surface area (Å²) in [6.45, 7) is 1.38. The average molecular weight is 239 g/mol. The van der Waals surface area contributed by atoms with Gasteiger partial charge in [0.15, 0.2) is 5.76 Å². The highest BCUT2D eigenvalue weighted by molar-refractivity contribution is 5.90. The summed E-state index contributed by atoms with van der Waals surface area (Å²) in [5, 5.41) is 8.97. The first kappa shape index (κ1) is 12.1. The zero-order valence-electron chi connectivity index (χ0n) is 9.56. The number of aliphatic hydroxyl groups excluding tert-OH is 1. The second-order valence-electron chi connectivity index (χ2n) is 4.16. The predicted molar refractivity (Wildman–Crippen MR) is 60.9 cm³/mol. The van der Waals surface area contributed by atoms with E-state index in [-0.39, 0.29) is 12.4 Å². The summed E-state index contributed by atoms with van der Waals surface area (Å²) in [6, 6.07) is 3.90. The number of furan rings is 1. The maximum absolute atomic E-state index is 11.2. The van der Waals surface area contributed by atoms with Gasteiger partial charge in [-0.15, -0.1) is 0 Å². The Morgan fingerprint density at radius 2 is 2.35 bits per heavy atom. The fraction of sp³-hybridized carbons (Fsp3) is 0.545. The minimum atomic E-state index is -0.434. The van der Waals surface area contributed by atoms with Gasteiger partial charge in [-0.3, -0.25) is 15.1 Å². The number of hydrogen-bond acceptors (Lipinski definition) is 5. The van der Waals surface area contributed by atoms with Gasteiger partial charge in [-0.1, -0.05) is 0 Å². The van der Waals surface area contributed by atoms with Crippen molar-refractivity contribution in [2.24, 2.45) is 5.84 Å². The van der Waals surface area contributed by atoms with E-state index in [1.54, 1.807) is 12.1 Å². The number of nitrogens with one attached hydrogen (secondary N) is 1. The number of hydrazine groups is 1. The quantitative estimate of drug-likeness (QED) is 0.364. The van der Waals surface area contributed by atoms with Crippen molar-refractivity contribution in [1.82, 2.24) is 10.3 Å². The Balaban J connectivity index is 1.97. The van der Waals surface area contributed by atoms with Crippen molar-refractivity contribution in [2.45, 2.75) is 25.4 Å². The Labute approximate surface area is 99.3 Å². The van der Waals surface area contributed by atoms with Crippen molar-refractivity contribution in [2.75, 3.05) is 13.2 Å². The third-order valence-corrected chi connectivity index (χ3v) is 2.83. The zero-order chi connectivity index (χ0) is 12.3. The number of aliphatic hydroxyl groups is 1. The molecule has 1 heterocycles. The van der Waals surface area contributed by atoms with Crippen LogP contribution in [0.4, 0.5) is 0 Å². The van der Waals surface area contributed by atoms with E-state index in [0.717, 1.165) is 12.8 Å². The Morgan fingerprint density at radius 3 is 2.94 bits per heavy atom. The SMILES string of the molecule is NNC(=O)c1ccc(CN(CCO)C2CC2)o1. The first-order valence-electron chi connectivity index (χ1n) is 5.69. The minimum absolute atomic E-state index is 0.132. The average Bonchev–Trinajstić information content (AvgIpc) is 3.08. The van der Waals surface area contributed by atoms with Gasteiger partial charge in [0, 0.05) is 12.6 Å². The molecule has 17 heavy (non-hydrogen) atoms. The summed E-state index contributed by atoms with van der Waals surface area (Å²) in [5.74, 6) is 5.51. The van der Waals surface area contributed by atoms with E-state index in [0.29, 0.717) is 24.9 Å². The van der Waals surface area contributed by atoms with E-state index in [4.69, 9.17) is 15.4 Å². The normalized spacial score (nSPS) is 15.2. The molecule has 1 aliphatic carbocycles. The maximum atomic E-state index is 11.2. The standard InChI is InChI=1S/C11H17N3O3/c12-13-11(16)10-4-3-9(17-10)7-14(5-6-15)8-1-2-8/h3-4,8,15H,1-2,5-7,12H2,(H,13,16). The lowest BCUT2D eigenvalue weighted by molar-refractivity contribution is 0.0920. The molecule has 6 heteroatoms. The van der Waals surface area contributed by atoms with Crippen LogP contribution in [-0.4, -0.2) is 35.1 Å². The molecule has 0 radical (unpaired) electrons. The summed E-state index contributed by atoms with van der Waals surface area (Å²) >= 11 is 0. The molecular weight excluding hydrogens is 222 g/mol. The second kappa shape index (κ2) is 5.31. The fourth-order valence-corrected chi connectivity index (χ4v) is 1.82. The molecule has 4 N–H and O–H groups in total. The molecule has 1 aromatic rings. The number of rotatable bonds is 6. The molecule has 1 aliphatic rings. The Hall–Kier alpha value is -1.37.